The summed E-state index contributed by atoms with van der Waals surface area (Å²) in [6, 6.07) is 23.9. The summed E-state index contributed by atoms with van der Waals surface area (Å²) in [7, 11) is 0. The van der Waals surface area contributed by atoms with E-state index in [1.54, 1.807) is 23.6 Å². The molecule has 0 amide bonds. The van der Waals surface area contributed by atoms with Crippen LogP contribution in [0.15, 0.2) is 89.5 Å². The minimum atomic E-state index is -4.82. The number of aromatic nitrogens is 1. The second kappa shape index (κ2) is 8.13. The van der Waals surface area contributed by atoms with E-state index in [1.165, 1.54) is 10.1 Å². The molecular weight excluding hydrogens is 510 g/mol. The monoisotopic (exact) mass is 527 g/mol. The van der Waals surface area contributed by atoms with Crippen LogP contribution in [0, 0.1) is 12.7 Å². The molecule has 0 spiro atoms. The summed E-state index contributed by atoms with van der Waals surface area (Å²) in [6.45, 7) is 1.88. The van der Waals surface area contributed by atoms with E-state index in [4.69, 9.17) is 4.42 Å². The van der Waals surface area contributed by atoms with Gasteiger partial charge in [0.1, 0.15) is 17.0 Å². The first kappa shape index (κ1) is 22.9. The highest BCUT2D eigenvalue weighted by Gasteiger charge is 2.35. The molecule has 0 radical (unpaired) electrons. The van der Waals surface area contributed by atoms with Gasteiger partial charge in [0.15, 0.2) is 0 Å². The van der Waals surface area contributed by atoms with Crippen LogP contribution in [-0.4, -0.2) is 4.98 Å². The van der Waals surface area contributed by atoms with Gasteiger partial charge in [-0.25, -0.2) is 4.39 Å². The van der Waals surface area contributed by atoms with Crippen LogP contribution in [0.25, 0.3) is 64.5 Å². The molecular formula is C31H17F4NOS. The lowest BCUT2D eigenvalue weighted by molar-refractivity contribution is -0.139. The topological polar surface area (TPSA) is 26.0 Å². The zero-order valence-electron chi connectivity index (χ0n) is 19.9. The Balaban J connectivity index is 1.43. The SMILES string of the molecule is Cc1cc(-c2nccc3cc(-c4cc5ccccc5s4)ccc23)c2oc3cc(C(F)(F)F)c(F)cc3c2c1. The van der Waals surface area contributed by atoms with Crippen LogP contribution in [0.3, 0.4) is 0 Å². The molecule has 0 bridgehead atoms. The molecule has 38 heavy (non-hydrogen) atoms. The van der Waals surface area contributed by atoms with Crippen LogP contribution < -0.4 is 0 Å². The molecule has 7 aromatic rings. The maximum atomic E-state index is 14.4. The van der Waals surface area contributed by atoms with Gasteiger partial charge in [0.2, 0.25) is 0 Å². The van der Waals surface area contributed by atoms with Crippen LogP contribution >= 0.6 is 11.3 Å². The van der Waals surface area contributed by atoms with Gasteiger partial charge in [0, 0.05) is 37.5 Å². The summed E-state index contributed by atoms with van der Waals surface area (Å²) < 4.78 is 61.6. The molecule has 7 heteroatoms. The van der Waals surface area contributed by atoms with Crippen LogP contribution in [-0.2, 0) is 6.18 Å². The van der Waals surface area contributed by atoms with Crippen molar-refractivity contribution in [1.82, 2.24) is 4.98 Å². The maximum Gasteiger partial charge on any atom is 0.419 e. The van der Waals surface area contributed by atoms with Crippen LogP contribution in [0.1, 0.15) is 11.1 Å². The van der Waals surface area contributed by atoms with Gasteiger partial charge in [-0.3, -0.25) is 4.98 Å². The quantitative estimate of drug-likeness (QED) is 0.209. The first-order valence-electron chi connectivity index (χ1n) is 11.9. The van der Waals surface area contributed by atoms with Gasteiger partial charge in [0.05, 0.1) is 11.3 Å². The largest absolute Gasteiger partial charge is 0.455 e. The van der Waals surface area contributed by atoms with Crippen molar-refractivity contribution in [2.24, 2.45) is 0 Å². The second-order valence-electron chi connectivity index (χ2n) is 9.36. The van der Waals surface area contributed by atoms with E-state index in [1.807, 2.05) is 37.3 Å². The lowest BCUT2D eigenvalue weighted by atomic mass is 9.98. The number of aryl methyl sites for hydroxylation is 1. The van der Waals surface area contributed by atoms with Crippen molar-refractivity contribution in [3.05, 3.63) is 102 Å². The molecule has 0 unspecified atom stereocenters. The first-order chi connectivity index (χ1) is 18.3. The standard InChI is InChI=1S/C31H17F4NOS/c1-16-10-22-21-14-25(32)24(31(33,34)35)15-26(21)37-30(22)23(11-16)29-20-7-6-19(12-17(20)8-9-36-29)28-13-18-4-2-3-5-27(18)38-28/h2-15H,1H3. The Hall–Kier alpha value is -4.23. The molecule has 186 valence electrons. The molecule has 4 aromatic carbocycles. The van der Waals surface area contributed by atoms with E-state index < -0.39 is 17.6 Å². The number of furan rings is 1. The van der Waals surface area contributed by atoms with Gasteiger partial charge in [-0.2, -0.15) is 13.2 Å². The number of halogens is 4. The number of pyridine rings is 1. The predicted molar refractivity (Wildman–Crippen MR) is 145 cm³/mol. The Bertz CT molecular complexity index is 2020. The van der Waals surface area contributed by atoms with Gasteiger partial charge in [-0.05, 0) is 77.4 Å². The number of benzene rings is 4. The fourth-order valence-electron chi connectivity index (χ4n) is 5.10. The number of rotatable bonds is 2. The summed E-state index contributed by atoms with van der Waals surface area (Å²) in [4.78, 5) is 5.80. The molecule has 0 atom stereocenters. The van der Waals surface area contributed by atoms with Crippen molar-refractivity contribution in [2.45, 2.75) is 13.1 Å². The molecule has 0 saturated heterocycles. The molecule has 0 aliphatic heterocycles. The van der Waals surface area contributed by atoms with Crippen molar-refractivity contribution in [3.63, 3.8) is 0 Å². The zero-order valence-corrected chi connectivity index (χ0v) is 20.7. The van der Waals surface area contributed by atoms with Gasteiger partial charge < -0.3 is 4.42 Å². The smallest absolute Gasteiger partial charge is 0.419 e. The Kier molecular flexibility index (Phi) is 4.91. The Morgan fingerprint density at radius 2 is 1.66 bits per heavy atom. The van der Waals surface area contributed by atoms with E-state index in [2.05, 4.69) is 35.3 Å². The van der Waals surface area contributed by atoms with E-state index in [0.29, 0.717) is 27.6 Å². The first-order valence-corrected chi connectivity index (χ1v) is 12.7. The van der Waals surface area contributed by atoms with Crippen LogP contribution in [0.2, 0.25) is 0 Å². The van der Waals surface area contributed by atoms with Gasteiger partial charge in [-0.15, -0.1) is 11.3 Å². The Morgan fingerprint density at radius 3 is 2.47 bits per heavy atom. The summed E-state index contributed by atoms with van der Waals surface area (Å²) in [5, 5.41) is 3.89. The highest BCUT2D eigenvalue weighted by atomic mass is 32.1. The van der Waals surface area contributed by atoms with Crippen molar-refractivity contribution in [1.29, 1.82) is 0 Å². The Labute approximate surface area is 217 Å². The van der Waals surface area contributed by atoms with E-state index in [0.717, 1.165) is 38.9 Å². The minimum Gasteiger partial charge on any atom is -0.455 e. The second-order valence-corrected chi connectivity index (χ2v) is 10.4. The molecule has 0 aliphatic rings. The third-order valence-corrected chi connectivity index (χ3v) is 8.00. The lowest BCUT2D eigenvalue weighted by Gasteiger charge is -2.09. The zero-order chi connectivity index (χ0) is 26.2. The molecule has 0 N–H and O–H groups in total. The third kappa shape index (κ3) is 3.57. The third-order valence-electron chi connectivity index (χ3n) is 6.84. The number of nitrogens with zero attached hydrogens (tertiary/aromatic N) is 1. The molecule has 3 aromatic heterocycles. The maximum absolute atomic E-state index is 14.4. The number of fused-ring (bicyclic) bond motifs is 5. The summed E-state index contributed by atoms with van der Waals surface area (Å²) in [5.41, 5.74) is 2.24. The summed E-state index contributed by atoms with van der Waals surface area (Å²) in [6.07, 6.45) is -3.11. The van der Waals surface area contributed by atoms with Crippen molar-refractivity contribution in [3.8, 4) is 21.7 Å². The lowest BCUT2D eigenvalue weighted by Crippen LogP contribution is -2.07. The average molecular weight is 528 g/mol. The number of hydrogen-bond acceptors (Lipinski definition) is 3. The van der Waals surface area contributed by atoms with Crippen molar-refractivity contribution in [2.75, 3.05) is 0 Å². The van der Waals surface area contributed by atoms with E-state index >= 15 is 0 Å². The molecule has 0 fully saturated rings. The molecule has 2 nitrogen and oxygen atoms in total. The van der Waals surface area contributed by atoms with E-state index in [9.17, 15) is 17.6 Å². The molecule has 0 saturated carbocycles. The number of thiophene rings is 1. The summed E-state index contributed by atoms with van der Waals surface area (Å²) >= 11 is 1.73. The fourth-order valence-corrected chi connectivity index (χ4v) is 6.16. The van der Waals surface area contributed by atoms with Crippen LogP contribution in [0.4, 0.5) is 17.6 Å². The predicted octanol–water partition coefficient (Wildman–Crippen LogP) is 10.1. The van der Waals surface area contributed by atoms with Gasteiger partial charge in [0.25, 0.3) is 0 Å². The Morgan fingerprint density at radius 1 is 0.816 bits per heavy atom. The highest BCUT2D eigenvalue weighted by Crippen LogP contribution is 2.42. The molecule has 3 heterocycles. The van der Waals surface area contributed by atoms with E-state index in [-0.39, 0.29) is 5.58 Å². The highest BCUT2D eigenvalue weighted by molar-refractivity contribution is 7.22. The molecule has 0 aliphatic carbocycles. The average Bonchev–Trinajstić information content (AvgIpc) is 3.48. The summed E-state index contributed by atoms with van der Waals surface area (Å²) in [5.74, 6) is -1.33. The fraction of sp³-hybridized carbons (Fsp3) is 0.0645. The number of alkyl halides is 3. The molecule has 7 rings (SSSR count). The minimum absolute atomic E-state index is 0.0205. The van der Waals surface area contributed by atoms with Gasteiger partial charge >= 0.3 is 6.18 Å². The van der Waals surface area contributed by atoms with Crippen LogP contribution in [0.5, 0.6) is 0 Å². The van der Waals surface area contributed by atoms with Crippen molar-refractivity contribution < 1.29 is 22.0 Å². The van der Waals surface area contributed by atoms with Gasteiger partial charge in [-0.1, -0.05) is 30.3 Å². The van der Waals surface area contributed by atoms with Crippen molar-refractivity contribution >= 4 is 54.1 Å². The number of hydrogen-bond donors (Lipinski definition) is 0. The normalized spacial score (nSPS) is 12.3.